The monoisotopic (exact) mass is 451 g/mol. The van der Waals surface area contributed by atoms with Crippen molar-refractivity contribution < 1.29 is 22.1 Å². The zero-order valence-corrected chi connectivity index (χ0v) is 18.2. The van der Waals surface area contributed by atoms with E-state index in [2.05, 4.69) is 16.7 Å². The quantitative estimate of drug-likeness (QED) is 0.556. The van der Waals surface area contributed by atoms with Gasteiger partial charge in [-0.3, -0.25) is 3.97 Å². The van der Waals surface area contributed by atoms with Gasteiger partial charge in [0.25, 0.3) is 6.43 Å². The number of hydrogen-bond acceptors (Lipinski definition) is 4. The van der Waals surface area contributed by atoms with Gasteiger partial charge in [0.1, 0.15) is 11.6 Å². The number of methoxy groups -OCH3 is 1. The standard InChI is InChI=1S/C22H24F3N3O2S/c1-3-26-8-10-27(11-9-26)20-13-16(5-7-21(20)30-2)31(29)28-14-18(22(24)25)17-6-4-15(23)12-19(17)28/h4-7,12-14,22H,3,8-11H2,1-2H3. The van der Waals surface area contributed by atoms with Crippen LogP contribution >= 0.6 is 0 Å². The van der Waals surface area contributed by atoms with Crippen LogP contribution in [0.2, 0.25) is 0 Å². The topological polar surface area (TPSA) is 37.7 Å². The van der Waals surface area contributed by atoms with Crippen LogP contribution in [-0.4, -0.2) is 52.9 Å². The van der Waals surface area contributed by atoms with Gasteiger partial charge in [-0.05, 0) is 42.9 Å². The maximum Gasteiger partial charge on any atom is 0.265 e. The van der Waals surface area contributed by atoms with Crippen LogP contribution in [-0.2, 0) is 11.0 Å². The molecule has 1 saturated heterocycles. The maximum absolute atomic E-state index is 13.8. The Bertz CT molecular complexity index is 1110. The molecule has 0 aliphatic carbocycles. The van der Waals surface area contributed by atoms with Crippen LogP contribution in [0, 0.1) is 5.82 Å². The van der Waals surface area contributed by atoms with Crippen molar-refractivity contribution >= 4 is 27.6 Å². The summed E-state index contributed by atoms with van der Waals surface area (Å²) in [6.45, 7) is 6.52. The third-order valence-corrected chi connectivity index (χ3v) is 7.01. The number of anilines is 1. The van der Waals surface area contributed by atoms with Gasteiger partial charge in [-0.2, -0.15) is 0 Å². The van der Waals surface area contributed by atoms with Gasteiger partial charge in [-0.25, -0.2) is 17.4 Å². The van der Waals surface area contributed by atoms with Crippen LogP contribution in [0.5, 0.6) is 5.75 Å². The zero-order valence-electron chi connectivity index (χ0n) is 17.4. The molecule has 1 fully saturated rings. The first-order valence-electron chi connectivity index (χ1n) is 10.1. The highest BCUT2D eigenvalue weighted by Gasteiger charge is 2.23. The van der Waals surface area contributed by atoms with E-state index in [0.29, 0.717) is 10.6 Å². The van der Waals surface area contributed by atoms with Crippen molar-refractivity contribution in [3.63, 3.8) is 0 Å². The van der Waals surface area contributed by atoms with Gasteiger partial charge < -0.3 is 14.5 Å². The fourth-order valence-electron chi connectivity index (χ4n) is 3.95. The molecule has 166 valence electrons. The summed E-state index contributed by atoms with van der Waals surface area (Å²) in [5.41, 5.74) is 0.705. The second kappa shape index (κ2) is 8.92. The Morgan fingerprint density at radius 1 is 1.10 bits per heavy atom. The van der Waals surface area contributed by atoms with E-state index in [0.717, 1.165) is 56.7 Å². The average molecular weight is 452 g/mol. The molecule has 1 aromatic heterocycles. The van der Waals surface area contributed by atoms with E-state index in [1.165, 1.54) is 10.0 Å². The normalized spacial score (nSPS) is 16.3. The van der Waals surface area contributed by atoms with E-state index in [1.807, 2.05) is 0 Å². The molecule has 3 aromatic rings. The van der Waals surface area contributed by atoms with Gasteiger partial charge in [0, 0.05) is 43.3 Å². The number of benzene rings is 2. The average Bonchev–Trinajstić information content (AvgIpc) is 3.17. The molecule has 0 saturated carbocycles. The Hall–Kier alpha value is -2.52. The van der Waals surface area contributed by atoms with Crippen molar-refractivity contribution in [2.24, 2.45) is 0 Å². The molecule has 2 heterocycles. The number of hydrogen-bond donors (Lipinski definition) is 0. The minimum atomic E-state index is -2.76. The summed E-state index contributed by atoms with van der Waals surface area (Å²) < 4.78 is 60.9. The fourth-order valence-corrected chi connectivity index (χ4v) is 5.11. The van der Waals surface area contributed by atoms with Gasteiger partial charge in [-0.1, -0.05) is 6.92 Å². The third-order valence-electron chi connectivity index (χ3n) is 5.69. The number of aromatic nitrogens is 1. The molecule has 2 aromatic carbocycles. The SMILES string of the molecule is CCN1CCN(c2cc(S(=O)n3cc(C(F)F)c4ccc(F)cc43)ccc2OC)CC1. The minimum Gasteiger partial charge on any atom is -0.495 e. The first-order valence-corrected chi connectivity index (χ1v) is 11.2. The van der Waals surface area contributed by atoms with Gasteiger partial charge in [-0.15, -0.1) is 0 Å². The van der Waals surface area contributed by atoms with Crippen LogP contribution < -0.4 is 9.64 Å². The lowest BCUT2D eigenvalue weighted by Gasteiger charge is -2.36. The minimum absolute atomic E-state index is 0.169. The molecule has 0 N–H and O–H groups in total. The molecule has 4 rings (SSSR count). The molecule has 1 atom stereocenters. The summed E-state index contributed by atoms with van der Waals surface area (Å²) in [5, 5.41) is 0.189. The number of alkyl halides is 2. The van der Waals surface area contributed by atoms with Gasteiger partial charge in [0.15, 0.2) is 11.0 Å². The Morgan fingerprint density at radius 2 is 1.84 bits per heavy atom. The molecular weight excluding hydrogens is 427 g/mol. The second-order valence-corrected chi connectivity index (χ2v) is 8.74. The molecule has 0 spiro atoms. The van der Waals surface area contributed by atoms with Crippen LogP contribution in [0.3, 0.4) is 0 Å². The number of piperazine rings is 1. The van der Waals surface area contributed by atoms with Crippen molar-refractivity contribution in [2.75, 3.05) is 44.7 Å². The lowest BCUT2D eigenvalue weighted by atomic mass is 10.2. The maximum atomic E-state index is 13.8. The second-order valence-electron chi connectivity index (χ2n) is 7.38. The van der Waals surface area contributed by atoms with Crippen molar-refractivity contribution in [1.29, 1.82) is 0 Å². The van der Waals surface area contributed by atoms with Crippen molar-refractivity contribution in [2.45, 2.75) is 18.2 Å². The Labute approximate surface area is 181 Å². The van der Waals surface area contributed by atoms with Crippen LogP contribution in [0.1, 0.15) is 18.9 Å². The molecule has 9 heteroatoms. The van der Waals surface area contributed by atoms with Gasteiger partial charge in [0.2, 0.25) is 0 Å². The summed E-state index contributed by atoms with van der Waals surface area (Å²) >= 11 is 0. The Balaban J connectivity index is 1.74. The molecule has 0 bridgehead atoms. The van der Waals surface area contributed by atoms with Crippen molar-refractivity contribution in [3.8, 4) is 5.75 Å². The van der Waals surface area contributed by atoms with Gasteiger partial charge >= 0.3 is 0 Å². The van der Waals surface area contributed by atoms with Gasteiger partial charge in [0.05, 0.1) is 23.2 Å². The predicted octanol–water partition coefficient (Wildman–Crippen LogP) is 4.44. The van der Waals surface area contributed by atoms with E-state index in [1.54, 1.807) is 25.3 Å². The molecule has 1 aliphatic rings. The van der Waals surface area contributed by atoms with E-state index in [-0.39, 0.29) is 16.5 Å². The highest BCUT2D eigenvalue weighted by atomic mass is 32.2. The molecule has 31 heavy (non-hydrogen) atoms. The molecule has 1 aliphatic heterocycles. The van der Waals surface area contributed by atoms with Crippen molar-refractivity contribution in [3.05, 3.63) is 54.0 Å². The summed E-state index contributed by atoms with van der Waals surface area (Å²) in [6.07, 6.45) is -1.61. The molecular formula is C22H24F3N3O2S. The lowest BCUT2D eigenvalue weighted by Crippen LogP contribution is -2.46. The van der Waals surface area contributed by atoms with Crippen LogP contribution in [0.25, 0.3) is 10.9 Å². The number of fused-ring (bicyclic) bond motifs is 1. The summed E-state index contributed by atoms with van der Waals surface area (Å²) in [5.74, 6) is 0.0799. The third kappa shape index (κ3) is 4.16. The molecule has 5 nitrogen and oxygen atoms in total. The van der Waals surface area contributed by atoms with Crippen LogP contribution in [0.4, 0.5) is 18.9 Å². The highest BCUT2D eigenvalue weighted by Crippen LogP contribution is 2.34. The summed E-state index contributed by atoms with van der Waals surface area (Å²) in [6, 6.07) is 8.70. The van der Waals surface area contributed by atoms with E-state index in [4.69, 9.17) is 4.74 Å². The van der Waals surface area contributed by atoms with E-state index in [9.17, 15) is 17.4 Å². The zero-order chi connectivity index (χ0) is 22.1. The smallest absolute Gasteiger partial charge is 0.265 e. The number of ether oxygens (including phenoxy) is 1. The summed E-state index contributed by atoms with van der Waals surface area (Å²) in [4.78, 5) is 4.94. The lowest BCUT2D eigenvalue weighted by molar-refractivity contribution is 0.153. The predicted molar refractivity (Wildman–Crippen MR) is 116 cm³/mol. The first-order chi connectivity index (χ1) is 14.9. The largest absolute Gasteiger partial charge is 0.495 e. The Kier molecular flexibility index (Phi) is 6.24. The Morgan fingerprint density at radius 3 is 2.48 bits per heavy atom. The van der Waals surface area contributed by atoms with E-state index >= 15 is 0 Å². The van der Waals surface area contributed by atoms with Crippen LogP contribution in [0.15, 0.2) is 47.5 Å². The fraction of sp³-hybridized carbons (Fsp3) is 0.364. The van der Waals surface area contributed by atoms with Crippen molar-refractivity contribution in [1.82, 2.24) is 8.87 Å². The number of halogens is 3. The first kappa shape index (κ1) is 21.7. The number of nitrogens with zero attached hydrogens (tertiary/aromatic N) is 3. The summed E-state index contributed by atoms with van der Waals surface area (Å²) in [7, 11) is -0.257. The molecule has 0 amide bonds. The highest BCUT2D eigenvalue weighted by molar-refractivity contribution is 7.83. The molecule has 0 radical (unpaired) electrons. The molecule has 1 unspecified atom stereocenters. The number of likely N-dealkylation sites (N-methyl/N-ethyl adjacent to an activating group) is 1. The van der Waals surface area contributed by atoms with E-state index < -0.39 is 23.2 Å². The number of rotatable bonds is 6.